The highest BCUT2D eigenvalue weighted by Gasteiger charge is 2.22. The molecule has 1 aliphatic heterocycles. The lowest BCUT2D eigenvalue weighted by atomic mass is 10.1. The summed E-state index contributed by atoms with van der Waals surface area (Å²) in [4.78, 5) is 28.6. The zero-order valence-electron chi connectivity index (χ0n) is 16.2. The number of carbonyl (C=O) groups excluding carboxylic acids is 2. The average molecular weight is 388 g/mol. The van der Waals surface area contributed by atoms with E-state index in [4.69, 9.17) is 0 Å². The van der Waals surface area contributed by atoms with Crippen LogP contribution >= 0.6 is 0 Å². The van der Waals surface area contributed by atoms with Crippen LogP contribution in [0.2, 0.25) is 0 Å². The van der Waals surface area contributed by atoms with Crippen LogP contribution in [0.3, 0.4) is 0 Å². The third-order valence-electron chi connectivity index (χ3n) is 5.08. The van der Waals surface area contributed by atoms with Crippen molar-refractivity contribution in [3.63, 3.8) is 0 Å². The number of hydrogen-bond acceptors (Lipinski definition) is 3. The van der Waals surface area contributed by atoms with Gasteiger partial charge >= 0.3 is 6.03 Å². The van der Waals surface area contributed by atoms with Crippen LogP contribution in [-0.2, 0) is 4.79 Å². The second-order valence-electron chi connectivity index (χ2n) is 7.17. The number of urea groups is 1. The highest BCUT2D eigenvalue weighted by molar-refractivity contribution is 5.94. The van der Waals surface area contributed by atoms with Crippen molar-refractivity contribution in [2.45, 2.75) is 0 Å². The maximum atomic E-state index is 12.6. The lowest BCUT2D eigenvalue weighted by Gasteiger charge is -2.34. The van der Waals surface area contributed by atoms with Crippen molar-refractivity contribution in [3.8, 4) is 0 Å². The summed E-state index contributed by atoms with van der Waals surface area (Å²) in [7, 11) is 0. The third-order valence-corrected chi connectivity index (χ3v) is 5.08. The fourth-order valence-electron chi connectivity index (χ4n) is 3.50. The molecule has 0 atom stereocenters. The van der Waals surface area contributed by atoms with E-state index in [1.54, 1.807) is 4.90 Å². The Morgan fingerprint density at radius 2 is 1.41 bits per heavy atom. The summed E-state index contributed by atoms with van der Waals surface area (Å²) in [5.41, 5.74) is 1.59. The molecule has 2 N–H and O–H groups in total. The number of fused-ring (bicyclic) bond motifs is 1. The molecule has 1 saturated heterocycles. The van der Waals surface area contributed by atoms with Crippen LogP contribution in [-0.4, -0.2) is 54.5 Å². The minimum Gasteiger partial charge on any atom is -0.325 e. The van der Waals surface area contributed by atoms with Gasteiger partial charge in [-0.25, -0.2) is 4.79 Å². The van der Waals surface area contributed by atoms with Crippen LogP contribution in [0.4, 0.5) is 16.2 Å². The van der Waals surface area contributed by atoms with Crippen molar-refractivity contribution < 1.29 is 9.59 Å². The molecule has 0 bridgehead atoms. The van der Waals surface area contributed by atoms with Gasteiger partial charge < -0.3 is 15.5 Å². The van der Waals surface area contributed by atoms with Crippen LogP contribution in [0.5, 0.6) is 0 Å². The minimum atomic E-state index is -0.103. The second kappa shape index (κ2) is 8.75. The first-order valence-electron chi connectivity index (χ1n) is 9.79. The topological polar surface area (TPSA) is 64.7 Å². The van der Waals surface area contributed by atoms with E-state index in [-0.39, 0.29) is 11.9 Å². The van der Waals surface area contributed by atoms with Gasteiger partial charge in [0.15, 0.2) is 0 Å². The fourth-order valence-corrected chi connectivity index (χ4v) is 3.50. The quantitative estimate of drug-likeness (QED) is 0.717. The maximum absolute atomic E-state index is 12.6. The van der Waals surface area contributed by atoms with Gasteiger partial charge in [-0.15, -0.1) is 0 Å². The Balaban J connectivity index is 1.26. The Labute approximate surface area is 170 Å². The number of hydrogen-bond donors (Lipinski definition) is 2. The van der Waals surface area contributed by atoms with E-state index in [0.717, 1.165) is 22.1 Å². The lowest BCUT2D eigenvalue weighted by molar-refractivity contribution is -0.117. The van der Waals surface area contributed by atoms with Crippen molar-refractivity contribution in [3.05, 3.63) is 72.8 Å². The monoisotopic (exact) mass is 388 g/mol. The highest BCUT2D eigenvalue weighted by atomic mass is 16.2. The van der Waals surface area contributed by atoms with E-state index in [1.165, 1.54) is 0 Å². The molecule has 1 heterocycles. The molecule has 0 unspecified atom stereocenters. The zero-order chi connectivity index (χ0) is 20.1. The molecule has 148 valence electrons. The summed E-state index contributed by atoms with van der Waals surface area (Å²) in [5.74, 6) is -0.0368. The number of nitrogens with zero attached hydrogens (tertiary/aromatic N) is 2. The number of rotatable bonds is 4. The molecule has 0 aromatic heterocycles. The molecule has 6 heteroatoms. The normalized spacial score (nSPS) is 14.6. The molecule has 29 heavy (non-hydrogen) atoms. The first-order chi connectivity index (χ1) is 14.2. The Morgan fingerprint density at radius 3 is 2.17 bits per heavy atom. The molecule has 1 fully saturated rings. The molecule has 1 aliphatic rings. The van der Waals surface area contributed by atoms with Crippen LogP contribution in [0, 0.1) is 0 Å². The van der Waals surface area contributed by atoms with Crippen molar-refractivity contribution in [1.82, 2.24) is 9.80 Å². The van der Waals surface area contributed by atoms with Gasteiger partial charge in [0.25, 0.3) is 0 Å². The number of carbonyl (C=O) groups is 2. The minimum absolute atomic E-state index is 0.0368. The summed E-state index contributed by atoms with van der Waals surface area (Å²) in [6.45, 7) is 2.87. The van der Waals surface area contributed by atoms with Crippen LogP contribution in [0.25, 0.3) is 10.8 Å². The Kier molecular flexibility index (Phi) is 5.72. The first kappa shape index (κ1) is 19.0. The maximum Gasteiger partial charge on any atom is 0.321 e. The summed E-state index contributed by atoms with van der Waals surface area (Å²) in [5, 5.41) is 8.12. The number of para-hydroxylation sites is 1. The molecule has 0 radical (unpaired) electrons. The predicted molar refractivity (Wildman–Crippen MR) is 116 cm³/mol. The zero-order valence-corrected chi connectivity index (χ0v) is 16.2. The number of anilines is 2. The molecule has 6 nitrogen and oxygen atoms in total. The lowest BCUT2D eigenvalue weighted by Crippen LogP contribution is -2.51. The molecule has 3 aromatic rings. The molecule has 3 amide bonds. The van der Waals surface area contributed by atoms with E-state index >= 15 is 0 Å². The largest absolute Gasteiger partial charge is 0.325 e. The van der Waals surface area contributed by atoms with Gasteiger partial charge in [-0.2, -0.15) is 0 Å². The first-order valence-corrected chi connectivity index (χ1v) is 9.79. The Morgan fingerprint density at radius 1 is 0.724 bits per heavy atom. The highest BCUT2D eigenvalue weighted by Crippen LogP contribution is 2.19. The summed E-state index contributed by atoms with van der Waals surface area (Å²) < 4.78 is 0. The molecule has 0 aliphatic carbocycles. The SMILES string of the molecule is O=C(CN1CCN(C(=O)Nc2ccc3ccccc3c2)CC1)Nc1ccccc1. The van der Waals surface area contributed by atoms with E-state index in [0.29, 0.717) is 32.7 Å². The van der Waals surface area contributed by atoms with Crippen LogP contribution in [0.1, 0.15) is 0 Å². The molecule has 0 saturated carbocycles. The predicted octanol–water partition coefficient (Wildman–Crippen LogP) is 3.63. The molecule has 4 rings (SSSR count). The van der Waals surface area contributed by atoms with Gasteiger partial charge in [-0.05, 0) is 35.0 Å². The van der Waals surface area contributed by atoms with Gasteiger partial charge in [0.2, 0.25) is 5.91 Å². The summed E-state index contributed by atoms with van der Waals surface area (Å²) >= 11 is 0. The molecular formula is C23H24N4O2. The summed E-state index contributed by atoms with van der Waals surface area (Å²) in [6, 6.07) is 23.3. The average Bonchev–Trinajstić information content (AvgIpc) is 2.75. The standard InChI is InChI=1S/C23H24N4O2/c28-22(24-20-8-2-1-3-9-20)17-26-12-14-27(15-13-26)23(29)25-21-11-10-18-6-4-5-7-19(18)16-21/h1-11,16H,12-15,17H2,(H,24,28)(H,25,29). The molecular weight excluding hydrogens is 364 g/mol. The number of amides is 3. The van der Waals surface area contributed by atoms with E-state index in [9.17, 15) is 9.59 Å². The van der Waals surface area contributed by atoms with Crippen molar-refractivity contribution in [2.24, 2.45) is 0 Å². The van der Waals surface area contributed by atoms with Crippen LogP contribution in [0.15, 0.2) is 72.8 Å². The van der Waals surface area contributed by atoms with Crippen molar-refractivity contribution in [2.75, 3.05) is 43.4 Å². The van der Waals surface area contributed by atoms with Gasteiger partial charge in [-0.3, -0.25) is 9.69 Å². The van der Waals surface area contributed by atoms with E-state index in [1.807, 2.05) is 72.8 Å². The molecule has 3 aromatic carbocycles. The second-order valence-corrected chi connectivity index (χ2v) is 7.17. The van der Waals surface area contributed by atoms with Gasteiger partial charge in [0, 0.05) is 37.6 Å². The third kappa shape index (κ3) is 4.92. The summed E-state index contributed by atoms with van der Waals surface area (Å²) in [6.07, 6.45) is 0. The van der Waals surface area contributed by atoms with Crippen molar-refractivity contribution >= 4 is 34.1 Å². The Hall–Kier alpha value is -3.38. The Bertz CT molecular complexity index is 998. The molecule has 0 spiro atoms. The fraction of sp³-hybridized carbons (Fsp3) is 0.217. The van der Waals surface area contributed by atoms with Gasteiger partial charge in [0.1, 0.15) is 0 Å². The number of nitrogens with one attached hydrogen (secondary N) is 2. The number of piperazine rings is 1. The van der Waals surface area contributed by atoms with Gasteiger partial charge in [-0.1, -0.05) is 48.5 Å². The van der Waals surface area contributed by atoms with Crippen molar-refractivity contribution in [1.29, 1.82) is 0 Å². The van der Waals surface area contributed by atoms with Gasteiger partial charge in [0.05, 0.1) is 6.54 Å². The van der Waals surface area contributed by atoms with E-state index < -0.39 is 0 Å². The van der Waals surface area contributed by atoms with E-state index in [2.05, 4.69) is 15.5 Å². The van der Waals surface area contributed by atoms with Crippen LogP contribution < -0.4 is 10.6 Å². The smallest absolute Gasteiger partial charge is 0.321 e. The number of benzene rings is 3.